The van der Waals surface area contributed by atoms with Crippen molar-refractivity contribution in [3.05, 3.63) is 50.9 Å². The summed E-state index contributed by atoms with van der Waals surface area (Å²) in [5, 5.41) is 9.74. The summed E-state index contributed by atoms with van der Waals surface area (Å²) in [7, 11) is 0. The first-order valence-electron chi connectivity index (χ1n) is 6.29. The summed E-state index contributed by atoms with van der Waals surface area (Å²) >= 11 is 6.49. The molecule has 0 unspecified atom stereocenters. The van der Waals surface area contributed by atoms with Gasteiger partial charge in [-0.05, 0) is 56.1 Å². The van der Waals surface area contributed by atoms with Gasteiger partial charge in [0.15, 0.2) is 0 Å². The van der Waals surface area contributed by atoms with Crippen LogP contribution in [0.2, 0.25) is 0 Å². The number of ether oxygens (including phenoxy) is 1. The van der Waals surface area contributed by atoms with Crippen LogP contribution < -0.4 is 9.64 Å². The Hall–Kier alpha value is -1.53. The number of anilines is 1. The Kier molecular flexibility index (Phi) is 3.91. The van der Waals surface area contributed by atoms with Crippen LogP contribution in [0.25, 0.3) is 0 Å². The van der Waals surface area contributed by atoms with Crippen LogP contribution in [0.1, 0.15) is 10.4 Å². The SMILES string of the molecule is O=C(c1cc(Br)c(O)c(Br)c1)N1CCOc2ccccc21. The van der Waals surface area contributed by atoms with Gasteiger partial charge in [-0.2, -0.15) is 0 Å². The first-order valence-corrected chi connectivity index (χ1v) is 7.88. The molecule has 0 radical (unpaired) electrons. The van der Waals surface area contributed by atoms with Crippen LogP contribution in [-0.4, -0.2) is 24.2 Å². The summed E-state index contributed by atoms with van der Waals surface area (Å²) < 4.78 is 6.50. The Morgan fingerprint density at radius 3 is 2.57 bits per heavy atom. The standard InChI is InChI=1S/C15H11Br2NO3/c16-10-7-9(8-11(17)14(10)19)15(20)18-5-6-21-13-4-2-1-3-12(13)18/h1-4,7-8,19H,5-6H2. The Labute approximate surface area is 138 Å². The van der Waals surface area contributed by atoms with Gasteiger partial charge >= 0.3 is 0 Å². The molecule has 0 fully saturated rings. The number of hydrogen-bond acceptors (Lipinski definition) is 3. The average Bonchev–Trinajstić information content (AvgIpc) is 2.51. The number of benzene rings is 2. The molecule has 3 rings (SSSR count). The van der Waals surface area contributed by atoms with Crippen molar-refractivity contribution < 1.29 is 14.6 Å². The van der Waals surface area contributed by atoms with E-state index in [0.717, 1.165) is 5.69 Å². The van der Waals surface area contributed by atoms with E-state index in [4.69, 9.17) is 4.74 Å². The van der Waals surface area contributed by atoms with Gasteiger partial charge in [0, 0.05) is 5.56 Å². The molecular weight excluding hydrogens is 402 g/mol. The predicted octanol–water partition coefficient (Wildman–Crippen LogP) is 3.96. The van der Waals surface area contributed by atoms with Gasteiger partial charge in [0.2, 0.25) is 0 Å². The van der Waals surface area contributed by atoms with Crippen LogP contribution in [-0.2, 0) is 0 Å². The average molecular weight is 413 g/mol. The number of aromatic hydroxyl groups is 1. The first-order chi connectivity index (χ1) is 10.1. The maximum absolute atomic E-state index is 12.7. The molecule has 1 aliphatic rings. The van der Waals surface area contributed by atoms with Crippen molar-refractivity contribution >= 4 is 43.5 Å². The summed E-state index contributed by atoms with van der Waals surface area (Å²) in [6.45, 7) is 0.954. The van der Waals surface area contributed by atoms with Crippen molar-refractivity contribution in [3.8, 4) is 11.5 Å². The van der Waals surface area contributed by atoms with Crippen molar-refractivity contribution in [1.29, 1.82) is 0 Å². The minimum Gasteiger partial charge on any atom is -0.506 e. The predicted molar refractivity (Wildman–Crippen MR) is 87.1 cm³/mol. The van der Waals surface area contributed by atoms with Crippen molar-refractivity contribution in [2.24, 2.45) is 0 Å². The van der Waals surface area contributed by atoms with Gasteiger partial charge in [-0.1, -0.05) is 12.1 Å². The number of para-hydroxylation sites is 2. The lowest BCUT2D eigenvalue weighted by molar-refractivity contribution is 0.0976. The molecule has 2 aromatic carbocycles. The molecule has 1 N–H and O–H groups in total. The van der Waals surface area contributed by atoms with Crippen LogP contribution >= 0.6 is 31.9 Å². The van der Waals surface area contributed by atoms with Gasteiger partial charge in [0.05, 0.1) is 21.2 Å². The smallest absolute Gasteiger partial charge is 0.258 e. The van der Waals surface area contributed by atoms with Gasteiger partial charge in [0.25, 0.3) is 5.91 Å². The molecule has 21 heavy (non-hydrogen) atoms. The third kappa shape index (κ3) is 2.65. The van der Waals surface area contributed by atoms with Crippen molar-refractivity contribution in [1.82, 2.24) is 0 Å². The van der Waals surface area contributed by atoms with Gasteiger partial charge in [-0.15, -0.1) is 0 Å². The molecule has 1 amide bonds. The number of phenols is 1. The number of fused-ring (bicyclic) bond motifs is 1. The summed E-state index contributed by atoms with van der Waals surface area (Å²) in [5.74, 6) is 0.648. The molecular formula is C15H11Br2NO3. The lowest BCUT2D eigenvalue weighted by atomic mass is 10.1. The largest absolute Gasteiger partial charge is 0.506 e. The van der Waals surface area contributed by atoms with E-state index >= 15 is 0 Å². The highest BCUT2D eigenvalue weighted by atomic mass is 79.9. The highest BCUT2D eigenvalue weighted by Gasteiger charge is 2.25. The number of halogens is 2. The second-order valence-electron chi connectivity index (χ2n) is 4.56. The Balaban J connectivity index is 2.00. The summed E-state index contributed by atoms with van der Waals surface area (Å²) in [6, 6.07) is 10.7. The summed E-state index contributed by atoms with van der Waals surface area (Å²) in [5.41, 5.74) is 1.25. The maximum Gasteiger partial charge on any atom is 0.258 e. The fraction of sp³-hybridized carbons (Fsp3) is 0.133. The zero-order chi connectivity index (χ0) is 15.0. The third-order valence-corrected chi connectivity index (χ3v) is 4.45. The lowest BCUT2D eigenvalue weighted by Crippen LogP contribution is -2.37. The van der Waals surface area contributed by atoms with Gasteiger partial charge in [-0.3, -0.25) is 4.79 Å². The number of hydrogen-bond donors (Lipinski definition) is 1. The summed E-state index contributed by atoms with van der Waals surface area (Å²) in [4.78, 5) is 14.4. The molecule has 6 heteroatoms. The monoisotopic (exact) mass is 411 g/mol. The number of carbonyl (C=O) groups is 1. The fourth-order valence-electron chi connectivity index (χ4n) is 2.23. The molecule has 2 aromatic rings. The summed E-state index contributed by atoms with van der Waals surface area (Å²) in [6.07, 6.45) is 0. The molecule has 0 bridgehead atoms. The molecule has 1 heterocycles. The molecule has 0 saturated heterocycles. The second-order valence-corrected chi connectivity index (χ2v) is 6.27. The fourth-order valence-corrected chi connectivity index (χ4v) is 3.41. The van der Waals surface area contributed by atoms with E-state index in [1.54, 1.807) is 17.0 Å². The van der Waals surface area contributed by atoms with E-state index in [2.05, 4.69) is 31.9 Å². The Morgan fingerprint density at radius 1 is 1.19 bits per heavy atom. The normalized spacial score (nSPS) is 13.5. The van der Waals surface area contributed by atoms with Crippen molar-refractivity contribution in [3.63, 3.8) is 0 Å². The molecule has 1 aliphatic heterocycles. The van der Waals surface area contributed by atoms with Crippen LogP contribution in [0.3, 0.4) is 0 Å². The van der Waals surface area contributed by atoms with Gasteiger partial charge in [0.1, 0.15) is 18.1 Å². The molecule has 0 atom stereocenters. The topological polar surface area (TPSA) is 49.8 Å². The molecule has 0 saturated carbocycles. The number of carbonyl (C=O) groups excluding carboxylic acids is 1. The van der Waals surface area contributed by atoms with E-state index in [-0.39, 0.29) is 11.7 Å². The lowest BCUT2D eigenvalue weighted by Gasteiger charge is -2.29. The first kappa shape index (κ1) is 14.4. The van der Waals surface area contributed by atoms with E-state index < -0.39 is 0 Å². The zero-order valence-corrected chi connectivity index (χ0v) is 14.0. The Morgan fingerprint density at radius 2 is 1.86 bits per heavy atom. The van der Waals surface area contributed by atoms with E-state index in [1.165, 1.54) is 0 Å². The number of nitrogens with zero attached hydrogens (tertiary/aromatic N) is 1. The van der Waals surface area contributed by atoms with Crippen LogP contribution in [0, 0.1) is 0 Å². The molecule has 0 aliphatic carbocycles. The number of amides is 1. The maximum atomic E-state index is 12.7. The van der Waals surface area contributed by atoms with Crippen LogP contribution in [0.4, 0.5) is 5.69 Å². The number of phenolic OH excluding ortho intramolecular Hbond substituents is 1. The van der Waals surface area contributed by atoms with E-state index in [9.17, 15) is 9.90 Å². The van der Waals surface area contributed by atoms with Crippen molar-refractivity contribution in [2.75, 3.05) is 18.1 Å². The molecule has 108 valence electrons. The minimum atomic E-state index is -0.132. The molecule has 4 nitrogen and oxygen atoms in total. The van der Waals surface area contributed by atoms with Crippen LogP contribution in [0.5, 0.6) is 11.5 Å². The zero-order valence-electron chi connectivity index (χ0n) is 10.8. The third-order valence-electron chi connectivity index (χ3n) is 3.24. The molecule has 0 aromatic heterocycles. The van der Waals surface area contributed by atoms with Crippen LogP contribution in [0.15, 0.2) is 45.3 Å². The second kappa shape index (κ2) is 5.69. The molecule has 0 spiro atoms. The van der Waals surface area contributed by atoms with E-state index in [1.807, 2.05) is 24.3 Å². The quantitative estimate of drug-likeness (QED) is 0.771. The van der Waals surface area contributed by atoms with Crippen molar-refractivity contribution in [2.45, 2.75) is 0 Å². The minimum absolute atomic E-state index is 0.0777. The van der Waals surface area contributed by atoms with E-state index in [0.29, 0.717) is 33.4 Å². The highest BCUT2D eigenvalue weighted by Crippen LogP contribution is 2.36. The highest BCUT2D eigenvalue weighted by molar-refractivity contribution is 9.11. The van der Waals surface area contributed by atoms with Gasteiger partial charge < -0.3 is 14.7 Å². The Bertz CT molecular complexity index is 695. The number of rotatable bonds is 1. The van der Waals surface area contributed by atoms with Gasteiger partial charge in [-0.25, -0.2) is 0 Å².